The van der Waals surface area contributed by atoms with Crippen LogP contribution < -0.4 is 0 Å². The molecule has 3 nitrogen and oxygen atoms in total. The second-order valence-corrected chi connectivity index (χ2v) is 4.07. The Morgan fingerprint density at radius 1 is 1.62 bits per heavy atom. The number of halogens is 2. The molecule has 0 atom stereocenters. The molecule has 0 aliphatic rings. The fourth-order valence-electron chi connectivity index (χ4n) is 1.03. The van der Waals surface area contributed by atoms with E-state index in [4.69, 9.17) is 4.42 Å². The summed E-state index contributed by atoms with van der Waals surface area (Å²) in [5, 5.41) is 9.32. The SMILES string of the molecule is CCCc1c(O)oc(C(=O)Br)c1Br. The lowest BCUT2D eigenvalue weighted by molar-refractivity contribution is 0.106. The molecule has 0 saturated heterocycles. The fraction of sp³-hybridized carbons (Fsp3) is 0.375. The van der Waals surface area contributed by atoms with Crippen molar-refractivity contribution < 1.29 is 14.3 Å². The van der Waals surface area contributed by atoms with E-state index < -0.39 is 0 Å². The molecule has 0 aromatic carbocycles. The summed E-state index contributed by atoms with van der Waals surface area (Å²) in [6, 6.07) is 0. The predicted molar refractivity (Wildman–Crippen MR) is 55.3 cm³/mol. The maximum atomic E-state index is 10.9. The molecule has 1 aromatic rings. The van der Waals surface area contributed by atoms with E-state index in [1.54, 1.807) is 0 Å². The molecule has 5 heteroatoms. The molecule has 0 aliphatic carbocycles. The number of hydrogen-bond acceptors (Lipinski definition) is 3. The van der Waals surface area contributed by atoms with Gasteiger partial charge in [0.1, 0.15) is 0 Å². The molecule has 0 saturated carbocycles. The second-order valence-electron chi connectivity index (χ2n) is 2.55. The third-order valence-electron chi connectivity index (χ3n) is 1.60. The van der Waals surface area contributed by atoms with E-state index in [1.165, 1.54) is 0 Å². The lowest BCUT2D eigenvalue weighted by Crippen LogP contribution is -1.86. The van der Waals surface area contributed by atoms with Gasteiger partial charge in [-0.25, -0.2) is 0 Å². The van der Waals surface area contributed by atoms with Gasteiger partial charge in [-0.15, -0.1) is 0 Å². The van der Waals surface area contributed by atoms with Crippen molar-refractivity contribution in [1.29, 1.82) is 0 Å². The Morgan fingerprint density at radius 3 is 2.62 bits per heavy atom. The standard InChI is InChI=1S/C8H8Br2O3/c1-2-3-4-5(9)6(7(10)11)13-8(4)12/h12H,2-3H2,1H3. The molecule has 0 fully saturated rings. The molecular formula is C8H8Br2O3. The molecule has 0 unspecified atom stereocenters. The van der Waals surface area contributed by atoms with Crippen molar-refractivity contribution >= 4 is 36.6 Å². The maximum absolute atomic E-state index is 10.9. The summed E-state index contributed by atoms with van der Waals surface area (Å²) in [4.78, 5) is 10.9. The highest BCUT2D eigenvalue weighted by molar-refractivity contribution is 9.18. The van der Waals surface area contributed by atoms with E-state index in [-0.39, 0.29) is 16.4 Å². The number of hydrogen-bond donors (Lipinski definition) is 1. The van der Waals surface area contributed by atoms with Crippen LogP contribution in [0.4, 0.5) is 0 Å². The van der Waals surface area contributed by atoms with Gasteiger partial charge < -0.3 is 9.52 Å². The minimum absolute atomic E-state index is 0.112. The smallest absolute Gasteiger partial charge is 0.287 e. The lowest BCUT2D eigenvalue weighted by atomic mass is 10.2. The lowest BCUT2D eigenvalue weighted by Gasteiger charge is -1.93. The summed E-state index contributed by atoms with van der Waals surface area (Å²) in [5.74, 6) is -0.0718. The molecule has 13 heavy (non-hydrogen) atoms. The molecule has 72 valence electrons. The van der Waals surface area contributed by atoms with E-state index in [0.29, 0.717) is 16.5 Å². The van der Waals surface area contributed by atoms with Gasteiger partial charge >= 0.3 is 0 Å². The average Bonchev–Trinajstić information content (AvgIpc) is 2.32. The summed E-state index contributed by atoms with van der Waals surface area (Å²) in [6.45, 7) is 1.98. The van der Waals surface area contributed by atoms with Crippen LogP contribution in [0.2, 0.25) is 0 Å². The van der Waals surface area contributed by atoms with Gasteiger partial charge in [0.15, 0.2) is 5.76 Å². The van der Waals surface area contributed by atoms with Crippen LogP contribution in [0.5, 0.6) is 5.95 Å². The largest absolute Gasteiger partial charge is 0.480 e. The Balaban J connectivity index is 3.14. The van der Waals surface area contributed by atoms with Crippen LogP contribution in [0.25, 0.3) is 0 Å². The Labute approximate surface area is 92.4 Å². The maximum Gasteiger partial charge on any atom is 0.287 e. The highest BCUT2D eigenvalue weighted by Gasteiger charge is 2.20. The van der Waals surface area contributed by atoms with Crippen LogP contribution in [0.1, 0.15) is 29.5 Å². The van der Waals surface area contributed by atoms with Gasteiger partial charge in [0.2, 0.25) is 0 Å². The van der Waals surface area contributed by atoms with Crippen LogP contribution in [-0.2, 0) is 6.42 Å². The third-order valence-corrected chi connectivity index (χ3v) is 2.80. The monoisotopic (exact) mass is 310 g/mol. The highest BCUT2D eigenvalue weighted by Crippen LogP contribution is 2.34. The molecule has 0 bridgehead atoms. The summed E-state index contributed by atoms with van der Waals surface area (Å²) < 4.78 is 5.03. The topological polar surface area (TPSA) is 50.4 Å². The molecule has 1 N–H and O–H groups in total. The first-order valence-corrected chi connectivity index (χ1v) is 5.36. The fourth-order valence-corrected chi connectivity index (χ4v) is 2.20. The first-order chi connectivity index (χ1) is 6.07. The van der Waals surface area contributed by atoms with Gasteiger partial charge in [0.25, 0.3) is 10.6 Å². The number of carbonyl (C=O) groups excluding carboxylic acids is 1. The Morgan fingerprint density at radius 2 is 2.23 bits per heavy atom. The van der Waals surface area contributed by atoms with Crippen molar-refractivity contribution in [3.63, 3.8) is 0 Å². The van der Waals surface area contributed by atoms with Gasteiger partial charge in [-0.3, -0.25) is 4.79 Å². The van der Waals surface area contributed by atoms with Crippen LogP contribution in [0, 0.1) is 0 Å². The van der Waals surface area contributed by atoms with E-state index >= 15 is 0 Å². The van der Waals surface area contributed by atoms with Crippen molar-refractivity contribution in [3.05, 3.63) is 15.8 Å². The first-order valence-electron chi connectivity index (χ1n) is 3.77. The Bertz CT molecular complexity index is 330. The predicted octanol–water partition coefficient (Wildman–Crippen LogP) is 3.24. The molecule has 1 heterocycles. The summed E-state index contributed by atoms with van der Waals surface area (Å²) in [6.07, 6.45) is 1.55. The number of carbonyl (C=O) groups is 1. The summed E-state index contributed by atoms with van der Waals surface area (Å²) in [7, 11) is 0. The Hall–Kier alpha value is -0.290. The van der Waals surface area contributed by atoms with Crippen molar-refractivity contribution in [2.75, 3.05) is 0 Å². The van der Waals surface area contributed by atoms with Gasteiger partial charge in [-0.2, -0.15) is 0 Å². The van der Waals surface area contributed by atoms with Crippen LogP contribution in [0.3, 0.4) is 0 Å². The van der Waals surface area contributed by atoms with Crippen molar-refractivity contribution in [2.45, 2.75) is 19.8 Å². The second kappa shape index (κ2) is 4.28. The van der Waals surface area contributed by atoms with Crippen LogP contribution in [0.15, 0.2) is 8.89 Å². The number of rotatable bonds is 3. The molecule has 1 aromatic heterocycles. The zero-order chi connectivity index (χ0) is 10.0. The number of aromatic hydroxyl groups is 1. The van der Waals surface area contributed by atoms with E-state index in [2.05, 4.69) is 31.9 Å². The molecule has 0 amide bonds. The third kappa shape index (κ3) is 2.14. The molecule has 0 spiro atoms. The Kier molecular flexibility index (Phi) is 3.55. The van der Waals surface area contributed by atoms with Crippen LogP contribution >= 0.6 is 31.9 Å². The quantitative estimate of drug-likeness (QED) is 0.872. The van der Waals surface area contributed by atoms with Gasteiger partial charge in [-0.05, 0) is 22.4 Å². The van der Waals surface area contributed by atoms with Crippen molar-refractivity contribution in [2.24, 2.45) is 0 Å². The van der Waals surface area contributed by atoms with Gasteiger partial charge in [-0.1, -0.05) is 13.3 Å². The zero-order valence-electron chi connectivity index (χ0n) is 6.93. The molecular weight excluding hydrogens is 304 g/mol. The minimum Gasteiger partial charge on any atom is -0.480 e. The average molecular weight is 312 g/mol. The normalized spacial score (nSPS) is 10.4. The zero-order valence-corrected chi connectivity index (χ0v) is 10.1. The summed E-state index contributed by atoms with van der Waals surface area (Å²) >= 11 is 5.96. The van der Waals surface area contributed by atoms with E-state index in [1.807, 2.05) is 6.92 Å². The van der Waals surface area contributed by atoms with Gasteiger partial charge in [0.05, 0.1) is 10.0 Å². The number of furan rings is 1. The van der Waals surface area contributed by atoms with E-state index in [0.717, 1.165) is 6.42 Å². The minimum atomic E-state index is -0.378. The van der Waals surface area contributed by atoms with Crippen LogP contribution in [-0.4, -0.2) is 9.80 Å². The first kappa shape index (κ1) is 10.8. The van der Waals surface area contributed by atoms with Gasteiger partial charge in [0, 0.05) is 15.9 Å². The molecule has 1 rings (SSSR count). The molecule has 0 radical (unpaired) electrons. The summed E-state index contributed by atoms with van der Waals surface area (Å²) in [5.41, 5.74) is 0.644. The molecule has 0 aliphatic heterocycles. The van der Waals surface area contributed by atoms with E-state index in [9.17, 15) is 9.90 Å². The highest BCUT2D eigenvalue weighted by atomic mass is 79.9. The van der Waals surface area contributed by atoms with Crippen molar-refractivity contribution in [1.82, 2.24) is 0 Å². The van der Waals surface area contributed by atoms with Crippen molar-refractivity contribution in [3.8, 4) is 5.95 Å².